The molecule has 0 saturated heterocycles. The van der Waals surface area contributed by atoms with Gasteiger partial charge in [-0.2, -0.15) is 0 Å². The van der Waals surface area contributed by atoms with Crippen molar-refractivity contribution in [2.24, 2.45) is 10.4 Å². The third kappa shape index (κ3) is 5.67. The van der Waals surface area contributed by atoms with Gasteiger partial charge in [-0.15, -0.1) is 0 Å². The lowest BCUT2D eigenvalue weighted by Crippen LogP contribution is -2.05. The van der Waals surface area contributed by atoms with Gasteiger partial charge in [0, 0.05) is 12.8 Å². The molecule has 0 amide bonds. The van der Waals surface area contributed by atoms with Gasteiger partial charge in [-0.1, -0.05) is 20.8 Å². The van der Waals surface area contributed by atoms with Crippen LogP contribution in [-0.4, -0.2) is 12.8 Å². The predicted octanol–water partition coefficient (Wildman–Crippen LogP) is 2.12. The van der Waals surface area contributed by atoms with E-state index in [9.17, 15) is 0 Å². The standard InChI is InChI=1S/C7H15N/c1-5-8-6-7(2,3)4/h6H,5H2,1-4H3/b8-6+. The van der Waals surface area contributed by atoms with Crippen molar-refractivity contribution in [1.29, 1.82) is 0 Å². The Morgan fingerprint density at radius 1 is 1.38 bits per heavy atom. The molecule has 0 N–H and O–H groups in total. The molecule has 8 heavy (non-hydrogen) atoms. The van der Waals surface area contributed by atoms with E-state index in [0.717, 1.165) is 6.54 Å². The second-order valence-corrected chi connectivity index (χ2v) is 2.99. The summed E-state index contributed by atoms with van der Waals surface area (Å²) in [7, 11) is 0. The Morgan fingerprint density at radius 3 is 2.00 bits per heavy atom. The Labute approximate surface area is 51.8 Å². The van der Waals surface area contributed by atoms with E-state index < -0.39 is 0 Å². The van der Waals surface area contributed by atoms with Crippen molar-refractivity contribution in [3.05, 3.63) is 0 Å². The minimum absolute atomic E-state index is 0.260. The molecule has 0 fully saturated rings. The molecule has 0 heterocycles. The lowest BCUT2D eigenvalue weighted by Gasteiger charge is -2.08. The SMILES string of the molecule is CC/N=C/C(C)(C)C. The summed E-state index contributed by atoms with van der Waals surface area (Å²) in [5.41, 5.74) is 0.260. The van der Waals surface area contributed by atoms with Crippen LogP contribution in [0.3, 0.4) is 0 Å². The number of rotatable bonds is 1. The highest BCUT2D eigenvalue weighted by Gasteiger charge is 2.03. The Kier molecular flexibility index (Phi) is 2.74. The van der Waals surface area contributed by atoms with Gasteiger partial charge in [0.05, 0.1) is 0 Å². The first-order valence-electron chi connectivity index (χ1n) is 3.07. The molecule has 0 rings (SSSR count). The average molecular weight is 113 g/mol. The first-order chi connectivity index (χ1) is 3.56. The Balaban J connectivity index is 3.52. The Morgan fingerprint density at radius 2 is 1.88 bits per heavy atom. The number of hydrogen-bond acceptors (Lipinski definition) is 1. The summed E-state index contributed by atoms with van der Waals surface area (Å²) in [4.78, 5) is 4.12. The second-order valence-electron chi connectivity index (χ2n) is 2.99. The van der Waals surface area contributed by atoms with Crippen LogP contribution in [0.5, 0.6) is 0 Å². The lowest BCUT2D eigenvalue weighted by molar-refractivity contribution is 0.604. The zero-order valence-electron chi connectivity index (χ0n) is 6.23. The maximum Gasteiger partial charge on any atom is 0.0357 e. The normalized spacial score (nSPS) is 13.0. The summed E-state index contributed by atoms with van der Waals surface area (Å²) in [6.45, 7) is 9.38. The van der Waals surface area contributed by atoms with E-state index in [-0.39, 0.29) is 5.41 Å². The summed E-state index contributed by atoms with van der Waals surface area (Å²) < 4.78 is 0. The average Bonchev–Trinajstić information content (AvgIpc) is 1.59. The van der Waals surface area contributed by atoms with Gasteiger partial charge in [0.2, 0.25) is 0 Å². The van der Waals surface area contributed by atoms with E-state index in [0.29, 0.717) is 0 Å². The summed E-state index contributed by atoms with van der Waals surface area (Å²) in [6, 6.07) is 0. The summed E-state index contributed by atoms with van der Waals surface area (Å²) in [6.07, 6.45) is 1.99. The van der Waals surface area contributed by atoms with Crippen LogP contribution >= 0.6 is 0 Å². The number of aliphatic imine (C=N–C) groups is 1. The maximum atomic E-state index is 4.12. The molecule has 1 nitrogen and oxygen atoms in total. The van der Waals surface area contributed by atoms with Gasteiger partial charge in [0.15, 0.2) is 0 Å². The Hall–Kier alpha value is -0.330. The smallest absolute Gasteiger partial charge is 0.0357 e. The van der Waals surface area contributed by atoms with Crippen molar-refractivity contribution >= 4 is 6.21 Å². The monoisotopic (exact) mass is 113 g/mol. The molecule has 0 bridgehead atoms. The quantitative estimate of drug-likeness (QED) is 0.462. The lowest BCUT2D eigenvalue weighted by atomic mass is 9.99. The molecule has 0 spiro atoms. The third-order valence-corrected chi connectivity index (χ3v) is 0.661. The highest BCUT2D eigenvalue weighted by atomic mass is 14.7. The molecule has 0 aromatic heterocycles. The van der Waals surface area contributed by atoms with Crippen LogP contribution < -0.4 is 0 Å². The number of nitrogens with zero attached hydrogens (tertiary/aromatic N) is 1. The summed E-state index contributed by atoms with van der Waals surface area (Å²) in [5.74, 6) is 0. The zero-order chi connectivity index (χ0) is 6.62. The molecule has 1 heteroatoms. The van der Waals surface area contributed by atoms with Gasteiger partial charge in [-0.05, 0) is 12.3 Å². The van der Waals surface area contributed by atoms with Crippen molar-refractivity contribution in [3.63, 3.8) is 0 Å². The van der Waals surface area contributed by atoms with E-state index in [1.54, 1.807) is 0 Å². The fraction of sp³-hybridized carbons (Fsp3) is 0.857. The first-order valence-corrected chi connectivity index (χ1v) is 3.07. The van der Waals surface area contributed by atoms with Crippen molar-refractivity contribution in [2.75, 3.05) is 6.54 Å². The second kappa shape index (κ2) is 2.85. The molecule has 0 saturated carbocycles. The molecule has 0 atom stereocenters. The maximum absolute atomic E-state index is 4.12. The molecular formula is C7H15N. The van der Waals surface area contributed by atoms with Crippen LogP contribution in [0.15, 0.2) is 4.99 Å². The molecular weight excluding hydrogens is 98.1 g/mol. The molecule has 0 aliphatic rings. The van der Waals surface area contributed by atoms with E-state index in [1.165, 1.54) is 0 Å². The summed E-state index contributed by atoms with van der Waals surface area (Å²) >= 11 is 0. The molecule has 0 aliphatic heterocycles. The first kappa shape index (κ1) is 7.67. The van der Waals surface area contributed by atoms with Crippen LogP contribution in [0.1, 0.15) is 27.7 Å². The van der Waals surface area contributed by atoms with Crippen LogP contribution in [0.4, 0.5) is 0 Å². The van der Waals surface area contributed by atoms with E-state index >= 15 is 0 Å². The van der Waals surface area contributed by atoms with Gasteiger partial charge in [-0.25, -0.2) is 0 Å². The van der Waals surface area contributed by atoms with E-state index in [2.05, 4.69) is 25.8 Å². The minimum atomic E-state index is 0.260. The molecule has 0 aromatic carbocycles. The van der Waals surface area contributed by atoms with Crippen molar-refractivity contribution in [2.45, 2.75) is 27.7 Å². The van der Waals surface area contributed by atoms with Gasteiger partial charge < -0.3 is 0 Å². The molecule has 0 radical (unpaired) electrons. The fourth-order valence-electron chi connectivity index (χ4n) is 0.365. The van der Waals surface area contributed by atoms with Crippen LogP contribution in [0, 0.1) is 5.41 Å². The van der Waals surface area contributed by atoms with E-state index in [1.807, 2.05) is 13.1 Å². The van der Waals surface area contributed by atoms with Crippen molar-refractivity contribution in [3.8, 4) is 0 Å². The molecule has 48 valence electrons. The Bertz CT molecular complexity index is 76.9. The molecule has 0 unspecified atom stereocenters. The van der Waals surface area contributed by atoms with Crippen LogP contribution in [0.2, 0.25) is 0 Å². The largest absolute Gasteiger partial charge is 0.297 e. The molecule has 0 aliphatic carbocycles. The third-order valence-electron chi connectivity index (χ3n) is 0.661. The van der Waals surface area contributed by atoms with Crippen LogP contribution in [0.25, 0.3) is 0 Å². The van der Waals surface area contributed by atoms with Crippen LogP contribution in [-0.2, 0) is 0 Å². The van der Waals surface area contributed by atoms with E-state index in [4.69, 9.17) is 0 Å². The summed E-state index contributed by atoms with van der Waals surface area (Å²) in [5, 5.41) is 0. The van der Waals surface area contributed by atoms with Gasteiger partial charge in [0.1, 0.15) is 0 Å². The molecule has 0 aromatic rings. The van der Waals surface area contributed by atoms with Crippen molar-refractivity contribution in [1.82, 2.24) is 0 Å². The van der Waals surface area contributed by atoms with Gasteiger partial charge in [-0.3, -0.25) is 4.99 Å². The van der Waals surface area contributed by atoms with Crippen molar-refractivity contribution < 1.29 is 0 Å². The highest BCUT2D eigenvalue weighted by molar-refractivity contribution is 5.63. The fourth-order valence-corrected chi connectivity index (χ4v) is 0.365. The topological polar surface area (TPSA) is 12.4 Å². The van der Waals surface area contributed by atoms with Gasteiger partial charge in [0.25, 0.3) is 0 Å². The van der Waals surface area contributed by atoms with Gasteiger partial charge >= 0.3 is 0 Å². The minimum Gasteiger partial charge on any atom is -0.297 e. The zero-order valence-corrected chi connectivity index (χ0v) is 6.23. The highest BCUT2D eigenvalue weighted by Crippen LogP contribution is 2.07. The predicted molar refractivity (Wildman–Crippen MR) is 38.5 cm³/mol. The number of hydrogen-bond donors (Lipinski definition) is 0.